The number of nitrogens with zero attached hydrogens (tertiary/aromatic N) is 6. The number of nitrogens with two attached hydrogens (primary N) is 1. The number of aliphatic hydroxyl groups excluding tert-OH is 5. The minimum Gasteiger partial charge on any atom is -1.00 e. The van der Waals surface area contributed by atoms with Crippen LogP contribution in [0.3, 0.4) is 0 Å². The Labute approximate surface area is 793 Å². The molecule has 5 rings (SSSR count). The van der Waals surface area contributed by atoms with Gasteiger partial charge in [-0.3, -0.25) is 19.3 Å². The summed E-state index contributed by atoms with van der Waals surface area (Å²) in [7, 11) is 0. The molecular weight excluding hydrogens is 1750 g/mol. The third-order valence-corrected chi connectivity index (χ3v) is 16.2. The first-order chi connectivity index (χ1) is 51.4. The number of carbonyl (C=O) groups is 3. The van der Waals surface area contributed by atoms with Crippen LogP contribution in [0.1, 0.15) is 159 Å². The third kappa shape index (κ3) is 64.0. The first-order valence-electron chi connectivity index (χ1n) is 34.6. The maximum Gasteiger partial charge on any atom is 1.00 e. The van der Waals surface area contributed by atoms with Gasteiger partial charge in [0.1, 0.15) is 16.8 Å². The van der Waals surface area contributed by atoms with Crippen LogP contribution in [0, 0.1) is 36.0 Å². The molecule has 0 aliphatic carbocycles. The summed E-state index contributed by atoms with van der Waals surface area (Å²) in [5, 5.41) is 93.3. The number of alkyl halides is 7. The van der Waals surface area contributed by atoms with Crippen LogP contribution in [0.25, 0.3) is 26.4 Å². The van der Waals surface area contributed by atoms with Crippen LogP contribution >= 0.6 is 59.4 Å². The quantitative estimate of drug-likeness (QED) is 0.00270. The average molecular weight is 1850 g/mol. The van der Waals surface area contributed by atoms with Gasteiger partial charge in [-0.15, -0.1) is 18.0 Å². The summed E-state index contributed by atoms with van der Waals surface area (Å²) in [4.78, 5) is 36.6. The molecule has 0 radical (unpaired) electrons. The molecule has 5 aromatic carbocycles. The van der Waals surface area contributed by atoms with Crippen LogP contribution in [0.5, 0.6) is 0 Å². The summed E-state index contributed by atoms with van der Waals surface area (Å²) in [6.45, 7) is 11.4. The smallest absolute Gasteiger partial charge is 1.00 e. The Morgan fingerprint density at radius 3 is 1.10 bits per heavy atom. The number of amides is 2. The zero-order chi connectivity index (χ0) is 83.5. The zero-order valence-corrected chi connectivity index (χ0v) is 78.6. The van der Waals surface area contributed by atoms with Crippen LogP contribution in [-0.4, -0.2) is 151 Å². The number of aliphatic hydroxyl groups is 8. The minimum atomic E-state index is -4.97. The fourth-order valence-corrected chi connectivity index (χ4v) is 11.1. The van der Waals surface area contributed by atoms with Gasteiger partial charge in [0.25, 0.3) is 6.47 Å². The summed E-state index contributed by atoms with van der Waals surface area (Å²) in [6, 6.07) is 37.2. The first kappa shape index (κ1) is 120. The summed E-state index contributed by atoms with van der Waals surface area (Å²) in [5.74, 6) is 10.5. The van der Waals surface area contributed by atoms with Gasteiger partial charge < -0.3 is 79.9 Å². The molecule has 606 valence electrons. The molecule has 0 saturated carbocycles. The number of azide groups is 1. The molecule has 0 aliphatic heterocycles. The summed E-state index contributed by atoms with van der Waals surface area (Å²) < 4.78 is 74.9. The summed E-state index contributed by atoms with van der Waals surface area (Å²) >= 11 is 15.4. The zero-order valence-electron chi connectivity index (χ0n) is 65.8. The van der Waals surface area contributed by atoms with E-state index in [0.29, 0.717) is 56.1 Å². The van der Waals surface area contributed by atoms with E-state index in [2.05, 4.69) is 106 Å². The number of hydrogen-bond donors (Lipinski definition) is 11. The van der Waals surface area contributed by atoms with Gasteiger partial charge in [-0.2, -0.15) is 26.3 Å². The van der Waals surface area contributed by atoms with Gasteiger partial charge in [-0.05, 0) is 152 Å². The van der Waals surface area contributed by atoms with Crippen molar-refractivity contribution in [3.8, 4) is 36.0 Å². The number of hydrogen-bond acceptors (Lipinski definition) is 15. The molecule has 12 N–H and O–H groups in total. The van der Waals surface area contributed by atoms with Crippen molar-refractivity contribution in [1.29, 1.82) is 0 Å². The van der Waals surface area contributed by atoms with Crippen molar-refractivity contribution in [1.82, 2.24) is 10.6 Å². The van der Waals surface area contributed by atoms with Gasteiger partial charge in [-0.25, -0.2) is 0 Å². The Morgan fingerprint density at radius 2 is 0.839 bits per heavy atom. The summed E-state index contributed by atoms with van der Waals surface area (Å²) in [6.07, 6.45) is 2.67. The van der Waals surface area contributed by atoms with E-state index in [-0.39, 0.29) is 172 Å². The van der Waals surface area contributed by atoms with E-state index in [1.807, 2.05) is 100 Å². The molecule has 35 heteroatoms. The fraction of sp³-hybridized carbons (Fsp3) is 0.494. The predicted octanol–water partition coefficient (Wildman–Crippen LogP) is 4.84. The number of halogens is 10. The van der Waals surface area contributed by atoms with Crippen LogP contribution < -0.4 is 154 Å². The van der Waals surface area contributed by atoms with Crippen molar-refractivity contribution in [2.24, 2.45) is 10.8 Å². The molecule has 0 heterocycles. The average Bonchev–Trinajstić information content (AvgIpc) is 0.871. The Hall–Kier alpha value is -3.01. The van der Waals surface area contributed by atoms with Gasteiger partial charge in [0.2, 0.25) is 0 Å². The second-order valence-electron chi connectivity index (χ2n) is 24.3. The molecule has 0 spiro atoms. The van der Waals surface area contributed by atoms with Gasteiger partial charge in [-0.1, -0.05) is 223 Å². The molecule has 2 amide bonds. The number of benzene rings is 5. The minimum absolute atomic E-state index is 0. The number of terminal acetylenes is 1. The predicted molar refractivity (Wildman–Crippen MR) is 421 cm³/mol. The number of carbonyl (C=O) groups excluding carboxylic acids is 3. The van der Waals surface area contributed by atoms with Gasteiger partial charge in [0.15, 0.2) is 0 Å². The molecule has 0 fully saturated rings. The molecule has 5 aromatic rings. The van der Waals surface area contributed by atoms with Crippen molar-refractivity contribution in [2.75, 3.05) is 32.1 Å². The standard InChI is InChI=1S/C20H26F3NO3.C18H27NO2.C11H11BrF3NO2.C9H10BrClO.C9H10BrN3O.C9H16O.CH2O3.2K.N3.Na.H/c1-3-9-19(27,10-4-2)11-8-15-6-5-7-16(12-15)13-17(25)14-24-18(26)20(21,22)23;1-3-9-18(21,10-4-2)11-8-15-6-5-7-16(12-15)13-17(20)14-19;12-8-3-1-2-7(4-8)5-9(17)6-16-10(18)11(13,14)15;10-8-3-1-2-7(4-8)5-9(12)6-11;10-8-3-1-2-7(4-8)5-9(14)6-12-13-11;1-4-7-9(10,6-3)8-5-2;2-1-4-3;;;1-3-2;;/h5-7,12,17,25,27H,3-4,9-10,13-14H2,1-2H3,(H,24,26);5-7,12,17,20-21H,3-4,9-10,13-14,19H2,1-2H3;1-4,9,17H,5-6H2,(H,16,18);1-4,9,12H,5-6H2;1-4,9,14H,5-6H2;3,10H,4-5,7-8H2,1-2H3;1,3H;;;;;/q;;;;;;;2*+1;-1;+1;-1/p-1. The van der Waals surface area contributed by atoms with E-state index in [4.69, 9.17) is 50.4 Å². The van der Waals surface area contributed by atoms with Crippen molar-refractivity contribution in [3.05, 3.63) is 200 Å². The van der Waals surface area contributed by atoms with E-state index in [9.17, 15) is 76.8 Å². The van der Waals surface area contributed by atoms with Crippen molar-refractivity contribution in [2.45, 2.75) is 210 Å². The van der Waals surface area contributed by atoms with Crippen LogP contribution in [-0.2, 0) is 51.4 Å². The van der Waals surface area contributed by atoms with Gasteiger partial charge in [0.05, 0.1) is 37.1 Å². The van der Waals surface area contributed by atoms with E-state index in [1.165, 1.54) is 4.91 Å². The van der Waals surface area contributed by atoms with Crippen LogP contribution in [0.15, 0.2) is 140 Å². The summed E-state index contributed by atoms with van der Waals surface area (Å²) in [5.41, 5.74) is 30.3. The van der Waals surface area contributed by atoms with Crippen molar-refractivity contribution < 1.29 is 225 Å². The first-order valence-corrected chi connectivity index (χ1v) is 37.5. The van der Waals surface area contributed by atoms with Crippen molar-refractivity contribution in [3.63, 3.8) is 0 Å². The molecule has 0 saturated heterocycles. The molecule has 22 nitrogen and oxygen atoms in total. The molecule has 0 aromatic heterocycles. The normalized spacial score (nSPS) is 11.7. The molecule has 5 unspecified atom stereocenters. The second kappa shape index (κ2) is 71.0. The van der Waals surface area contributed by atoms with Crippen LogP contribution in [0.2, 0.25) is 0 Å². The largest absolute Gasteiger partial charge is 1.00 e. The third-order valence-electron chi connectivity index (χ3n) is 14.4. The topological polar surface area (TPSA) is 403 Å². The Kier molecular flexibility index (Phi) is 75.9. The molecule has 0 aliphatic rings. The maximum absolute atomic E-state index is 12.1. The maximum atomic E-state index is 12.1. The Balaban J connectivity index is -0.000000238. The fourth-order valence-electron chi connectivity index (χ4n) is 9.63. The Morgan fingerprint density at radius 1 is 0.562 bits per heavy atom. The van der Waals surface area contributed by atoms with Gasteiger partial charge >= 0.3 is 156 Å². The number of rotatable bonds is 31. The molecule has 0 bridgehead atoms. The SMILES string of the molecule is C#CC(O)(CCC)CCC.CCCC(O)(C#Cc1cccc(CC(O)CN)c1)CCC.CCCC(O)(C#Cc1cccc(CC(O)CNC(=O)C(F)(F)F)c1)CCC.O=C(NCC(O)Cc1cccc(Br)c1)C(F)(F)F.O=CO[O-].OC(CCl)Cc1cccc(Br)c1.[H-].[K+].[K+].[N-]=[N+]=NCC(O)Cc1cccc(Br)c1.[N-]=[N+]=[N-].[Na+]. The van der Waals surface area contributed by atoms with E-state index >= 15 is 0 Å². The number of nitrogens with one attached hydrogen (secondary N) is 2. The van der Waals surface area contributed by atoms with Gasteiger partial charge in [0, 0.05) is 67.8 Å². The molecule has 5 atom stereocenters. The van der Waals surface area contributed by atoms with Crippen LogP contribution in [0.4, 0.5) is 26.3 Å². The van der Waals surface area contributed by atoms with Crippen molar-refractivity contribution >= 4 is 77.7 Å². The Bertz CT molecular complexity index is 3640. The van der Waals surface area contributed by atoms with E-state index in [0.717, 1.165) is 92.6 Å². The molecular formula is C77H102Br3ClF6K2N9NaO13. The second-order valence-corrected chi connectivity index (χ2v) is 27.4. The van der Waals surface area contributed by atoms with E-state index < -0.39 is 84.6 Å². The monoisotopic (exact) mass is 1850 g/mol. The van der Waals surface area contributed by atoms with E-state index in [1.54, 1.807) is 59.2 Å². The molecule has 112 heavy (non-hydrogen) atoms.